The zero-order valence-corrected chi connectivity index (χ0v) is 23.9. The Bertz CT molecular complexity index is 1960. The highest BCUT2D eigenvalue weighted by Crippen LogP contribution is 2.37. The number of aromatic nitrogens is 1. The maximum Gasteiger partial charge on any atom is 0.338 e. The quantitative estimate of drug-likeness (QED) is 0.322. The fourth-order valence-corrected chi connectivity index (χ4v) is 6.53. The summed E-state index contributed by atoms with van der Waals surface area (Å²) in [7, 11) is 1.56. The summed E-state index contributed by atoms with van der Waals surface area (Å²) in [5, 5.41) is 0. The summed E-state index contributed by atoms with van der Waals surface area (Å²) in [5.74, 6) is -0.783. The van der Waals surface area contributed by atoms with E-state index in [2.05, 4.69) is 4.99 Å². The highest BCUT2D eigenvalue weighted by atomic mass is 32.1. The van der Waals surface area contributed by atoms with Crippen molar-refractivity contribution in [1.82, 2.24) is 4.57 Å². The van der Waals surface area contributed by atoms with Gasteiger partial charge in [0.2, 0.25) is 0 Å². The van der Waals surface area contributed by atoms with Gasteiger partial charge in [-0.05, 0) is 43.7 Å². The molecule has 1 aromatic heterocycles. The van der Waals surface area contributed by atoms with Gasteiger partial charge in [-0.1, -0.05) is 59.9 Å². The highest BCUT2D eigenvalue weighted by molar-refractivity contribution is 7.07. The summed E-state index contributed by atoms with van der Waals surface area (Å²) >= 11 is 1.09. The third kappa shape index (κ3) is 4.44. The SMILES string of the molecule is CCOC(=O)C1=C(C)N=c2s/c(=C3\C(=O)N(Cc4ccccc4F)c4ccccc43)c(=O)n2C1c1ccc(OC)cc1. The Labute approximate surface area is 244 Å². The normalized spacial score (nSPS) is 17.1. The Morgan fingerprint density at radius 1 is 1.02 bits per heavy atom. The number of hydrogen-bond donors (Lipinski definition) is 0. The van der Waals surface area contributed by atoms with Crippen LogP contribution in [-0.2, 0) is 20.9 Å². The Balaban J connectivity index is 1.57. The lowest BCUT2D eigenvalue weighted by molar-refractivity contribution is -0.139. The lowest BCUT2D eigenvalue weighted by Gasteiger charge is -2.24. The number of nitrogens with zero attached hydrogens (tertiary/aromatic N) is 3. The maximum atomic E-state index is 14.6. The minimum Gasteiger partial charge on any atom is -0.497 e. The average molecular weight is 584 g/mol. The van der Waals surface area contributed by atoms with Crippen LogP contribution in [0.1, 0.15) is 36.6 Å². The van der Waals surface area contributed by atoms with Crippen LogP contribution in [0.2, 0.25) is 0 Å². The minimum absolute atomic E-state index is 0.00492. The van der Waals surface area contributed by atoms with Crippen LogP contribution in [0.5, 0.6) is 5.75 Å². The molecule has 0 aliphatic carbocycles. The number of rotatable bonds is 6. The molecule has 0 fully saturated rings. The molecule has 0 bridgehead atoms. The largest absolute Gasteiger partial charge is 0.497 e. The maximum absolute atomic E-state index is 14.6. The van der Waals surface area contributed by atoms with Crippen LogP contribution < -0.4 is 24.5 Å². The van der Waals surface area contributed by atoms with Gasteiger partial charge in [-0.15, -0.1) is 0 Å². The Morgan fingerprint density at radius 2 is 1.74 bits per heavy atom. The standard InChI is InChI=1S/C32H26FN3O5S/c1-4-41-31(39)25-18(2)34-32-36(27(25)19-13-15-21(40-3)16-14-19)30(38)28(42-32)26-22-10-6-8-12-24(22)35(29(26)37)17-20-9-5-7-11-23(20)33/h5-16,27H,4,17H2,1-3H3/b28-26-. The van der Waals surface area contributed by atoms with Gasteiger partial charge in [-0.3, -0.25) is 14.2 Å². The van der Waals surface area contributed by atoms with Crippen molar-refractivity contribution in [2.45, 2.75) is 26.4 Å². The van der Waals surface area contributed by atoms with Gasteiger partial charge in [0.05, 0.1) is 48.8 Å². The summed E-state index contributed by atoms with van der Waals surface area (Å²) in [4.78, 5) is 47.9. The number of hydrogen-bond acceptors (Lipinski definition) is 7. The van der Waals surface area contributed by atoms with E-state index < -0.39 is 29.3 Å². The number of thiazole rings is 1. The van der Waals surface area contributed by atoms with Gasteiger partial charge in [-0.25, -0.2) is 14.2 Å². The average Bonchev–Trinajstić information content (AvgIpc) is 3.45. The monoisotopic (exact) mass is 583 g/mol. The highest BCUT2D eigenvalue weighted by Gasteiger charge is 2.37. The molecule has 8 nitrogen and oxygen atoms in total. The molecule has 0 N–H and O–H groups in total. The van der Waals surface area contributed by atoms with E-state index in [1.807, 2.05) is 0 Å². The van der Waals surface area contributed by atoms with Crippen LogP contribution in [0.15, 0.2) is 93.9 Å². The Hall–Kier alpha value is -4.83. The molecule has 1 amide bonds. The van der Waals surface area contributed by atoms with Crippen LogP contribution >= 0.6 is 11.3 Å². The molecule has 4 aromatic rings. The van der Waals surface area contributed by atoms with Crippen molar-refractivity contribution in [3.05, 3.63) is 126 Å². The van der Waals surface area contributed by atoms with E-state index in [4.69, 9.17) is 9.47 Å². The van der Waals surface area contributed by atoms with Gasteiger partial charge in [0, 0.05) is 11.1 Å². The number of ether oxygens (including phenoxy) is 2. The van der Waals surface area contributed by atoms with Gasteiger partial charge >= 0.3 is 5.97 Å². The fraction of sp³-hybridized carbons (Fsp3) is 0.188. The number of allylic oxidation sites excluding steroid dienone is 1. The number of methoxy groups -OCH3 is 1. The summed E-state index contributed by atoms with van der Waals surface area (Å²) < 4.78 is 26.9. The van der Waals surface area contributed by atoms with Crippen LogP contribution in [0.4, 0.5) is 10.1 Å². The van der Waals surface area contributed by atoms with Crippen molar-refractivity contribution >= 4 is 34.5 Å². The number of esters is 1. The van der Waals surface area contributed by atoms with Crippen molar-refractivity contribution in [3.63, 3.8) is 0 Å². The predicted octanol–water partition coefficient (Wildman–Crippen LogP) is 3.86. The molecule has 42 heavy (non-hydrogen) atoms. The zero-order chi connectivity index (χ0) is 29.5. The minimum atomic E-state index is -0.832. The van der Waals surface area contributed by atoms with E-state index in [0.29, 0.717) is 38.6 Å². The fourth-order valence-electron chi connectivity index (χ4n) is 5.40. The van der Waals surface area contributed by atoms with E-state index in [9.17, 15) is 18.8 Å². The Morgan fingerprint density at radius 3 is 2.45 bits per heavy atom. The molecule has 2 aliphatic rings. The summed E-state index contributed by atoms with van der Waals surface area (Å²) in [5.41, 5.74) is 2.60. The number of carbonyl (C=O) groups excluding carboxylic acids is 2. The Kier molecular flexibility index (Phi) is 7.07. The van der Waals surface area contributed by atoms with Gasteiger partial charge in [0.1, 0.15) is 16.1 Å². The number of anilines is 1. The molecular weight excluding hydrogens is 557 g/mol. The molecule has 3 aromatic carbocycles. The number of para-hydroxylation sites is 1. The molecule has 212 valence electrons. The van der Waals surface area contributed by atoms with Crippen LogP contribution in [-0.4, -0.2) is 30.2 Å². The van der Waals surface area contributed by atoms with Crippen molar-refractivity contribution < 1.29 is 23.5 Å². The van der Waals surface area contributed by atoms with Gasteiger partial charge in [0.25, 0.3) is 11.5 Å². The van der Waals surface area contributed by atoms with Crippen LogP contribution in [0, 0.1) is 5.82 Å². The summed E-state index contributed by atoms with van der Waals surface area (Å²) in [6.07, 6.45) is 0. The molecule has 3 heterocycles. The zero-order valence-electron chi connectivity index (χ0n) is 23.1. The molecule has 6 rings (SSSR count). The van der Waals surface area contributed by atoms with Crippen LogP contribution in [0.25, 0.3) is 5.57 Å². The van der Waals surface area contributed by atoms with E-state index in [0.717, 1.165) is 11.3 Å². The molecule has 0 saturated carbocycles. The van der Waals surface area contributed by atoms with Crippen LogP contribution in [0.3, 0.4) is 0 Å². The van der Waals surface area contributed by atoms with Crippen molar-refractivity contribution in [3.8, 4) is 5.75 Å². The molecule has 10 heteroatoms. The number of carbonyl (C=O) groups is 2. The molecule has 2 aliphatic heterocycles. The second-order valence-corrected chi connectivity index (χ2v) is 10.7. The summed E-state index contributed by atoms with van der Waals surface area (Å²) in [6.45, 7) is 3.58. The van der Waals surface area contributed by atoms with E-state index in [1.54, 1.807) is 87.7 Å². The molecule has 0 spiro atoms. The van der Waals surface area contributed by atoms with E-state index >= 15 is 0 Å². The predicted molar refractivity (Wildman–Crippen MR) is 156 cm³/mol. The third-order valence-electron chi connectivity index (χ3n) is 7.36. The lowest BCUT2D eigenvalue weighted by Crippen LogP contribution is -2.41. The molecule has 0 saturated heterocycles. The van der Waals surface area contributed by atoms with Crippen molar-refractivity contribution in [1.29, 1.82) is 0 Å². The number of fused-ring (bicyclic) bond motifs is 2. The second kappa shape index (κ2) is 10.9. The van der Waals surface area contributed by atoms with Gasteiger partial charge in [-0.2, -0.15) is 0 Å². The van der Waals surface area contributed by atoms with Crippen molar-refractivity contribution in [2.24, 2.45) is 4.99 Å². The van der Waals surface area contributed by atoms with E-state index in [-0.39, 0.29) is 28.8 Å². The first kappa shape index (κ1) is 27.3. The third-order valence-corrected chi connectivity index (χ3v) is 8.41. The number of halogens is 1. The second-order valence-electron chi connectivity index (χ2n) is 9.77. The summed E-state index contributed by atoms with van der Waals surface area (Å²) in [6, 6.07) is 19.7. The lowest BCUT2D eigenvalue weighted by atomic mass is 9.96. The number of amides is 1. The molecule has 1 unspecified atom stereocenters. The molecule has 1 atom stereocenters. The smallest absolute Gasteiger partial charge is 0.338 e. The van der Waals surface area contributed by atoms with Crippen molar-refractivity contribution in [2.75, 3.05) is 18.6 Å². The van der Waals surface area contributed by atoms with E-state index in [1.165, 1.54) is 15.5 Å². The molecular formula is C32H26FN3O5S. The first-order valence-electron chi connectivity index (χ1n) is 13.3. The molecule has 0 radical (unpaired) electrons. The first-order valence-corrected chi connectivity index (χ1v) is 14.2. The van der Waals surface area contributed by atoms with Gasteiger partial charge < -0.3 is 14.4 Å². The number of benzene rings is 3. The topological polar surface area (TPSA) is 90.2 Å². The first-order chi connectivity index (χ1) is 20.3. The van der Waals surface area contributed by atoms with Gasteiger partial charge in [0.15, 0.2) is 4.80 Å².